The molecule has 2 amide bonds. The molecule has 1 aromatic rings. The van der Waals surface area contributed by atoms with Gasteiger partial charge in [-0.15, -0.1) is 0 Å². The lowest BCUT2D eigenvalue weighted by atomic mass is 10.0. The van der Waals surface area contributed by atoms with Gasteiger partial charge in [-0.3, -0.25) is 9.59 Å². The lowest BCUT2D eigenvalue weighted by Gasteiger charge is -2.24. The fourth-order valence-corrected chi connectivity index (χ4v) is 3.65. The van der Waals surface area contributed by atoms with Crippen LogP contribution in [-0.2, 0) is 14.4 Å². The van der Waals surface area contributed by atoms with E-state index in [-0.39, 0.29) is 42.1 Å². The number of carbonyl (C=O) groups excluding carboxylic acids is 2. The van der Waals surface area contributed by atoms with Crippen LogP contribution in [-0.4, -0.2) is 53.0 Å². The summed E-state index contributed by atoms with van der Waals surface area (Å²) >= 11 is 0. The molecule has 0 spiro atoms. The van der Waals surface area contributed by atoms with E-state index in [9.17, 15) is 23.9 Å². The van der Waals surface area contributed by atoms with Crippen molar-refractivity contribution < 1.29 is 28.6 Å². The van der Waals surface area contributed by atoms with Crippen LogP contribution < -0.4 is 10.1 Å². The van der Waals surface area contributed by atoms with Gasteiger partial charge in [-0.05, 0) is 48.9 Å². The highest BCUT2D eigenvalue weighted by Crippen LogP contribution is 2.59. The minimum absolute atomic E-state index is 0.0351. The molecule has 1 saturated carbocycles. The Labute approximate surface area is 156 Å². The van der Waals surface area contributed by atoms with Crippen LogP contribution in [0.5, 0.6) is 5.75 Å². The second kappa shape index (κ2) is 7.54. The molecule has 0 unspecified atom stereocenters. The van der Waals surface area contributed by atoms with E-state index in [0.717, 1.165) is 6.42 Å². The summed E-state index contributed by atoms with van der Waals surface area (Å²) in [4.78, 5) is 37.0. The quantitative estimate of drug-likeness (QED) is 0.670. The van der Waals surface area contributed by atoms with Crippen molar-refractivity contribution in [3.8, 4) is 5.75 Å². The van der Waals surface area contributed by atoms with Crippen molar-refractivity contribution in [1.29, 1.82) is 0 Å². The van der Waals surface area contributed by atoms with Crippen molar-refractivity contribution in [2.24, 2.45) is 5.41 Å². The highest BCUT2D eigenvalue weighted by atomic mass is 19.1. The van der Waals surface area contributed by atoms with E-state index in [2.05, 4.69) is 5.32 Å². The van der Waals surface area contributed by atoms with Gasteiger partial charge >= 0.3 is 5.97 Å². The molecule has 1 aliphatic heterocycles. The number of fused-ring (bicyclic) bond motifs is 1. The van der Waals surface area contributed by atoms with Crippen LogP contribution in [0.15, 0.2) is 24.3 Å². The molecule has 2 aliphatic rings. The molecule has 8 heteroatoms. The maximum atomic E-state index is 12.8. The Bertz CT molecular complexity index is 738. The van der Waals surface area contributed by atoms with Crippen molar-refractivity contribution in [2.45, 2.75) is 44.7 Å². The first-order valence-electron chi connectivity index (χ1n) is 8.99. The fraction of sp³-hybridized carbons (Fsp3) is 0.526. The van der Waals surface area contributed by atoms with Gasteiger partial charge in [0.05, 0.1) is 13.2 Å². The summed E-state index contributed by atoms with van der Waals surface area (Å²) < 4.78 is 18.2. The van der Waals surface area contributed by atoms with Gasteiger partial charge in [-0.1, -0.05) is 6.92 Å². The number of likely N-dealkylation sites (tertiary alicyclic amines) is 1. The Balaban J connectivity index is 1.37. The molecule has 3 rings (SSSR count). The number of piperidine rings is 1. The van der Waals surface area contributed by atoms with E-state index in [0.29, 0.717) is 25.2 Å². The number of halogens is 1. The molecule has 0 bridgehead atoms. The molecule has 146 valence electrons. The van der Waals surface area contributed by atoms with Crippen LogP contribution >= 0.6 is 0 Å². The number of benzene rings is 1. The molecule has 1 saturated heterocycles. The Morgan fingerprint density at radius 3 is 2.67 bits per heavy atom. The van der Waals surface area contributed by atoms with Crippen LogP contribution in [0.1, 0.15) is 32.6 Å². The number of carbonyl (C=O) groups is 3. The first-order valence-corrected chi connectivity index (χ1v) is 8.99. The summed E-state index contributed by atoms with van der Waals surface area (Å²) in [6, 6.07) is 4.76. The zero-order valence-electron chi connectivity index (χ0n) is 15.1. The lowest BCUT2D eigenvalue weighted by Crippen LogP contribution is -2.47. The minimum Gasteiger partial charge on any atom is -0.494 e. The van der Waals surface area contributed by atoms with Crippen molar-refractivity contribution in [3.05, 3.63) is 30.1 Å². The molecule has 1 aliphatic carbocycles. The molecule has 27 heavy (non-hydrogen) atoms. The zero-order chi connectivity index (χ0) is 19.6. The smallest absolute Gasteiger partial charge is 0.326 e. The highest BCUT2D eigenvalue weighted by Gasteiger charge is 2.64. The van der Waals surface area contributed by atoms with Gasteiger partial charge in [0.2, 0.25) is 11.8 Å². The largest absolute Gasteiger partial charge is 0.494 e. The maximum Gasteiger partial charge on any atom is 0.326 e. The van der Waals surface area contributed by atoms with Crippen LogP contribution in [0, 0.1) is 11.2 Å². The van der Waals surface area contributed by atoms with Gasteiger partial charge in [0.25, 0.3) is 0 Å². The summed E-state index contributed by atoms with van der Waals surface area (Å²) in [5.41, 5.74) is -0.0968. The molecule has 2 fully saturated rings. The Hall–Kier alpha value is -2.64. The number of amides is 2. The van der Waals surface area contributed by atoms with Crippen molar-refractivity contribution in [2.75, 3.05) is 13.2 Å². The maximum absolute atomic E-state index is 12.8. The third-order valence-corrected chi connectivity index (χ3v) is 5.28. The van der Waals surface area contributed by atoms with Gasteiger partial charge < -0.3 is 20.1 Å². The standard InChI is InChI=1S/C19H23FN2O5/c1-19-9-14(18(25)26)22(15(19)10-19)17(24)11-21-16(23)3-2-8-27-13-6-4-12(20)5-7-13/h4-7,14-15H,2-3,8-11H2,1H3,(H,21,23)(H,25,26)/t14-,15-,19+/m0/s1. The Kier molecular flexibility index (Phi) is 5.34. The van der Waals surface area contributed by atoms with Crippen LogP contribution in [0.3, 0.4) is 0 Å². The number of carboxylic acids is 1. The number of hydrogen-bond donors (Lipinski definition) is 2. The molecular weight excluding hydrogens is 355 g/mol. The van der Waals surface area contributed by atoms with E-state index < -0.39 is 12.0 Å². The second-order valence-electron chi connectivity index (χ2n) is 7.42. The number of hydrogen-bond acceptors (Lipinski definition) is 4. The lowest BCUT2D eigenvalue weighted by molar-refractivity contribution is -0.149. The van der Waals surface area contributed by atoms with Gasteiger partial charge in [0, 0.05) is 12.5 Å². The third kappa shape index (κ3) is 4.37. The van der Waals surface area contributed by atoms with Gasteiger partial charge in [-0.2, -0.15) is 0 Å². The van der Waals surface area contributed by atoms with E-state index in [4.69, 9.17) is 4.74 Å². The van der Waals surface area contributed by atoms with Gasteiger partial charge in [-0.25, -0.2) is 9.18 Å². The number of ether oxygens (including phenoxy) is 1. The first kappa shape index (κ1) is 19.1. The number of aliphatic carboxylic acids is 1. The molecular formula is C19H23FN2O5. The van der Waals surface area contributed by atoms with E-state index >= 15 is 0 Å². The van der Waals surface area contributed by atoms with Crippen molar-refractivity contribution in [1.82, 2.24) is 10.2 Å². The summed E-state index contributed by atoms with van der Waals surface area (Å²) in [6.07, 6.45) is 1.90. The number of rotatable bonds is 8. The van der Waals surface area contributed by atoms with E-state index in [1.165, 1.54) is 29.2 Å². The van der Waals surface area contributed by atoms with Crippen LogP contribution in [0.4, 0.5) is 4.39 Å². The Morgan fingerprint density at radius 1 is 1.30 bits per heavy atom. The molecule has 1 heterocycles. The van der Waals surface area contributed by atoms with Gasteiger partial charge in [0.15, 0.2) is 0 Å². The summed E-state index contributed by atoms with van der Waals surface area (Å²) in [5.74, 6) is -1.48. The average molecular weight is 378 g/mol. The summed E-state index contributed by atoms with van der Waals surface area (Å²) in [5, 5.41) is 11.8. The molecule has 0 radical (unpaired) electrons. The van der Waals surface area contributed by atoms with Gasteiger partial charge in [0.1, 0.15) is 17.6 Å². The minimum atomic E-state index is -0.999. The first-order chi connectivity index (χ1) is 12.8. The zero-order valence-corrected chi connectivity index (χ0v) is 15.1. The monoisotopic (exact) mass is 378 g/mol. The average Bonchev–Trinajstić information content (AvgIpc) is 3.19. The highest BCUT2D eigenvalue weighted by molar-refractivity contribution is 5.89. The van der Waals surface area contributed by atoms with E-state index in [1.807, 2.05) is 6.92 Å². The molecule has 2 N–H and O–H groups in total. The van der Waals surface area contributed by atoms with Crippen molar-refractivity contribution in [3.63, 3.8) is 0 Å². The summed E-state index contributed by atoms with van der Waals surface area (Å²) in [7, 11) is 0. The SMILES string of the molecule is C[C@@]12C[C@@H]1N(C(=O)CNC(=O)CCCOc1ccc(F)cc1)[C@H](C(=O)O)C2. The molecule has 3 atom stereocenters. The topological polar surface area (TPSA) is 95.9 Å². The van der Waals surface area contributed by atoms with Crippen LogP contribution in [0.2, 0.25) is 0 Å². The van der Waals surface area contributed by atoms with Crippen LogP contribution in [0.25, 0.3) is 0 Å². The fourth-order valence-electron chi connectivity index (χ4n) is 3.65. The van der Waals surface area contributed by atoms with Crippen molar-refractivity contribution >= 4 is 17.8 Å². The predicted octanol–water partition coefficient (Wildman–Crippen LogP) is 1.56. The molecule has 7 nitrogen and oxygen atoms in total. The number of nitrogens with zero attached hydrogens (tertiary/aromatic N) is 1. The second-order valence-corrected chi connectivity index (χ2v) is 7.42. The predicted molar refractivity (Wildman–Crippen MR) is 93.5 cm³/mol. The molecule has 0 aromatic heterocycles. The summed E-state index contributed by atoms with van der Waals surface area (Å²) in [6.45, 7) is 2.08. The Morgan fingerprint density at radius 2 is 2.00 bits per heavy atom. The third-order valence-electron chi connectivity index (χ3n) is 5.28. The van der Waals surface area contributed by atoms with E-state index in [1.54, 1.807) is 0 Å². The number of nitrogens with one attached hydrogen (secondary N) is 1. The normalized spacial score (nSPS) is 25.6. The number of carboxylic acid groups (broad SMARTS) is 1. The molecule has 1 aromatic carbocycles.